The van der Waals surface area contributed by atoms with Crippen LogP contribution >= 0.6 is 0 Å². The third-order valence-corrected chi connectivity index (χ3v) is 2.45. The van der Waals surface area contributed by atoms with Gasteiger partial charge in [-0.15, -0.1) is 0 Å². The number of alkyl halides is 3. The van der Waals surface area contributed by atoms with Gasteiger partial charge >= 0.3 is 6.18 Å². The van der Waals surface area contributed by atoms with Crippen LogP contribution in [0.2, 0.25) is 0 Å². The number of nitrogens with zero attached hydrogens (tertiary/aromatic N) is 1. The number of nitro benzene ring substituents is 1. The Morgan fingerprint density at radius 2 is 1.70 bits per heavy atom. The molecule has 20 heavy (non-hydrogen) atoms. The van der Waals surface area contributed by atoms with Gasteiger partial charge in [0, 0.05) is 36.6 Å². The van der Waals surface area contributed by atoms with Gasteiger partial charge in [-0.05, 0) is 12.5 Å². The van der Waals surface area contributed by atoms with Crippen LogP contribution in [-0.4, -0.2) is 24.2 Å². The van der Waals surface area contributed by atoms with Crippen LogP contribution < -0.4 is 10.6 Å². The largest absolute Gasteiger partial charge is 0.390 e. The van der Waals surface area contributed by atoms with Gasteiger partial charge in [0.05, 0.1) is 11.3 Å². The molecule has 0 saturated carbocycles. The fraction of sp³-hybridized carbons (Fsp3) is 0.500. The van der Waals surface area contributed by atoms with Gasteiger partial charge in [0.25, 0.3) is 5.69 Å². The van der Waals surface area contributed by atoms with E-state index in [9.17, 15) is 23.3 Å². The summed E-state index contributed by atoms with van der Waals surface area (Å²) < 4.78 is 36.2. The van der Waals surface area contributed by atoms with Crippen LogP contribution in [0.3, 0.4) is 0 Å². The van der Waals surface area contributed by atoms with Crippen LogP contribution in [0.25, 0.3) is 0 Å². The Bertz CT molecular complexity index is 464. The molecule has 0 aliphatic rings. The lowest BCUT2D eigenvalue weighted by atomic mass is 10.2. The van der Waals surface area contributed by atoms with Gasteiger partial charge in [0.1, 0.15) is 0 Å². The Hall–Kier alpha value is -1.99. The summed E-state index contributed by atoms with van der Waals surface area (Å²) in [6.45, 7) is 2.24. The van der Waals surface area contributed by atoms with Crippen molar-refractivity contribution in [1.82, 2.24) is 0 Å². The summed E-state index contributed by atoms with van der Waals surface area (Å²) in [6.07, 6.45) is -4.41. The van der Waals surface area contributed by atoms with E-state index >= 15 is 0 Å². The fourth-order valence-electron chi connectivity index (χ4n) is 1.54. The molecule has 1 rings (SSSR count). The van der Waals surface area contributed by atoms with Crippen molar-refractivity contribution in [3.63, 3.8) is 0 Å². The van der Waals surface area contributed by atoms with Crippen molar-refractivity contribution in [3.05, 3.63) is 28.3 Å². The maximum Gasteiger partial charge on any atom is 0.390 e. The number of benzene rings is 1. The number of nitrogens with one attached hydrogen (secondary N) is 2. The van der Waals surface area contributed by atoms with Crippen molar-refractivity contribution in [2.45, 2.75) is 25.9 Å². The highest BCUT2D eigenvalue weighted by Gasteiger charge is 2.26. The third-order valence-electron chi connectivity index (χ3n) is 2.45. The highest BCUT2D eigenvalue weighted by molar-refractivity contribution is 5.63. The minimum absolute atomic E-state index is 0.166. The van der Waals surface area contributed by atoms with Crippen molar-refractivity contribution in [3.8, 4) is 0 Å². The third kappa shape index (κ3) is 5.77. The molecular weight excluding hydrogens is 275 g/mol. The molecule has 1 aromatic rings. The Morgan fingerprint density at radius 3 is 2.15 bits per heavy atom. The maximum absolute atomic E-state index is 12.1. The zero-order chi connectivity index (χ0) is 15.2. The van der Waals surface area contributed by atoms with E-state index in [1.165, 1.54) is 12.1 Å². The van der Waals surface area contributed by atoms with E-state index in [2.05, 4.69) is 10.6 Å². The molecule has 112 valence electrons. The lowest BCUT2D eigenvalue weighted by molar-refractivity contribution is -0.384. The number of hydrogen-bond donors (Lipinski definition) is 2. The predicted molar refractivity (Wildman–Crippen MR) is 71.0 cm³/mol. The second kappa shape index (κ2) is 6.97. The maximum atomic E-state index is 12.1. The zero-order valence-corrected chi connectivity index (χ0v) is 11.0. The highest BCUT2D eigenvalue weighted by atomic mass is 19.4. The van der Waals surface area contributed by atoms with E-state index in [-0.39, 0.29) is 12.2 Å². The Labute approximate surface area is 114 Å². The van der Waals surface area contributed by atoms with Crippen molar-refractivity contribution < 1.29 is 18.1 Å². The minimum Gasteiger partial charge on any atom is -0.385 e. The lowest BCUT2D eigenvalue weighted by Crippen LogP contribution is -2.14. The summed E-state index contributed by atoms with van der Waals surface area (Å²) >= 11 is 0. The molecule has 8 heteroatoms. The summed E-state index contributed by atoms with van der Waals surface area (Å²) in [7, 11) is 0. The summed E-state index contributed by atoms with van der Waals surface area (Å²) in [5, 5.41) is 16.3. The molecule has 0 amide bonds. The van der Waals surface area contributed by atoms with Crippen LogP contribution in [0.1, 0.15) is 19.8 Å². The predicted octanol–water partition coefficient (Wildman–Crippen LogP) is 3.78. The van der Waals surface area contributed by atoms with Crippen molar-refractivity contribution >= 4 is 17.1 Å². The van der Waals surface area contributed by atoms with Crippen LogP contribution in [0, 0.1) is 10.1 Å². The summed E-state index contributed by atoms with van der Waals surface area (Å²) in [5.41, 5.74) is 0.637. The van der Waals surface area contributed by atoms with E-state index in [0.29, 0.717) is 17.9 Å². The molecule has 0 fully saturated rings. The SMILES string of the molecule is CCCNc1cc(NCCC(F)(F)F)cc([N+](=O)[O-])c1. The highest BCUT2D eigenvalue weighted by Crippen LogP contribution is 2.25. The van der Waals surface area contributed by atoms with E-state index in [4.69, 9.17) is 0 Å². The van der Waals surface area contributed by atoms with Crippen LogP contribution in [-0.2, 0) is 0 Å². The lowest BCUT2D eigenvalue weighted by Gasteiger charge is -2.11. The molecule has 0 radical (unpaired) electrons. The first-order valence-electron chi connectivity index (χ1n) is 6.16. The smallest absolute Gasteiger partial charge is 0.385 e. The first-order chi connectivity index (χ1) is 9.31. The second-order valence-corrected chi connectivity index (χ2v) is 4.24. The quantitative estimate of drug-likeness (QED) is 0.592. The number of rotatable bonds is 7. The minimum atomic E-state index is -4.25. The van der Waals surface area contributed by atoms with Gasteiger partial charge < -0.3 is 10.6 Å². The molecule has 0 saturated heterocycles. The standard InChI is InChI=1S/C12H16F3N3O2/c1-2-4-16-9-6-10(8-11(7-9)18(19)20)17-5-3-12(13,14)15/h6-8,16-17H,2-5H2,1H3. The number of anilines is 2. The van der Waals surface area contributed by atoms with Crippen LogP contribution in [0.5, 0.6) is 0 Å². The molecular formula is C12H16F3N3O2. The average molecular weight is 291 g/mol. The van der Waals surface area contributed by atoms with Gasteiger partial charge in [-0.2, -0.15) is 13.2 Å². The first-order valence-corrected chi connectivity index (χ1v) is 6.16. The van der Waals surface area contributed by atoms with E-state index in [1.54, 1.807) is 6.07 Å². The normalized spacial score (nSPS) is 11.2. The molecule has 0 aliphatic heterocycles. The Morgan fingerprint density at radius 1 is 1.15 bits per heavy atom. The second-order valence-electron chi connectivity index (χ2n) is 4.24. The molecule has 0 spiro atoms. The number of nitro groups is 1. The van der Waals surface area contributed by atoms with Crippen molar-refractivity contribution in [1.29, 1.82) is 0 Å². The van der Waals surface area contributed by atoms with Gasteiger partial charge in [-0.3, -0.25) is 10.1 Å². The van der Waals surface area contributed by atoms with Gasteiger partial charge in [0.15, 0.2) is 0 Å². The van der Waals surface area contributed by atoms with Crippen LogP contribution in [0.4, 0.5) is 30.2 Å². The monoisotopic (exact) mass is 291 g/mol. The van der Waals surface area contributed by atoms with Crippen LogP contribution in [0.15, 0.2) is 18.2 Å². The molecule has 1 aromatic carbocycles. The number of hydrogen-bond acceptors (Lipinski definition) is 4. The van der Waals surface area contributed by atoms with E-state index in [1.807, 2.05) is 6.92 Å². The Kier molecular flexibility index (Phi) is 5.60. The van der Waals surface area contributed by atoms with Crippen molar-refractivity contribution in [2.24, 2.45) is 0 Å². The molecule has 0 aliphatic carbocycles. The molecule has 0 unspecified atom stereocenters. The van der Waals surface area contributed by atoms with Gasteiger partial charge in [-0.1, -0.05) is 6.92 Å². The Balaban J connectivity index is 2.77. The van der Waals surface area contributed by atoms with Gasteiger partial charge in [0.2, 0.25) is 0 Å². The first kappa shape index (κ1) is 16.1. The summed E-state index contributed by atoms with van der Waals surface area (Å²) in [4.78, 5) is 10.2. The summed E-state index contributed by atoms with van der Waals surface area (Å²) in [6, 6.07) is 4.12. The molecule has 0 heterocycles. The average Bonchev–Trinajstić information content (AvgIpc) is 2.34. The fourth-order valence-corrected chi connectivity index (χ4v) is 1.54. The zero-order valence-electron chi connectivity index (χ0n) is 11.0. The molecule has 2 N–H and O–H groups in total. The topological polar surface area (TPSA) is 67.2 Å². The molecule has 0 bridgehead atoms. The summed E-state index contributed by atoms with van der Waals surface area (Å²) in [5.74, 6) is 0. The molecule has 0 aromatic heterocycles. The number of halogens is 3. The number of non-ortho nitro benzene ring substituents is 1. The van der Waals surface area contributed by atoms with E-state index in [0.717, 1.165) is 6.42 Å². The van der Waals surface area contributed by atoms with Gasteiger partial charge in [-0.25, -0.2) is 0 Å². The van der Waals surface area contributed by atoms with E-state index < -0.39 is 17.5 Å². The van der Waals surface area contributed by atoms with Crippen molar-refractivity contribution in [2.75, 3.05) is 23.7 Å². The molecule has 0 atom stereocenters. The molecule has 5 nitrogen and oxygen atoms in total.